The van der Waals surface area contributed by atoms with Crippen molar-refractivity contribution in [2.24, 2.45) is 5.92 Å². The number of benzene rings is 1. The van der Waals surface area contributed by atoms with Gasteiger partial charge in [-0.05, 0) is 68.9 Å². The SMILES string of the molecule is Cc1noc(C)c1-c1cnc2c(c1)c(CC1CCC(F)(F)CC1)cn2-c1ccc(C(=O)O)cc1F. The fourth-order valence-electron chi connectivity index (χ4n) is 5.00. The molecule has 3 heterocycles. The van der Waals surface area contributed by atoms with Crippen LogP contribution in [0.3, 0.4) is 0 Å². The van der Waals surface area contributed by atoms with Gasteiger partial charge in [-0.15, -0.1) is 0 Å². The standard InChI is InChI=1S/C26H24F3N3O3/c1-14-23(15(2)35-31-14)18-10-20-19(9-16-5-7-26(28,29)8-6-16)13-32(24(20)30-12-18)22-4-3-17(25(33)34)11-21(22)27/h3-4,10-13,16H,5-9H2,1-2H3,(H,33,34). The summed E-state index contributed by atoms with van der Waals surface area (Å²) in [4.78, 5) is 15.9. The summed E-state index contributed by atoms with van der Waals surface area (Å²) in [5.74, 6) is -3.80. The number of carbonyl (C=O) groups is 1. The second-order valence-electron chi connectivity index (χ2n) is 9.29. The largest absolute Gasteiger partial charge is 0.478 e. The Hall–Kier alpha value is -3.62. The van der Waals surface area contributed by atoms with Crippen LogP contribution in [0.15, 0.2) is 41.2 Å². The molecule has 0 saturated heterocycles. The van der Waals surface area contributed by atoms with Crippen LogP contribution in [-0.4, -0.2) is 31.7 Å². The third-order valence-corrected chi connectivity index (χ3v) is 6.85. The van der Waals surface area contributed by atoms with Crippen molar-refractivity contribution in [3.05, 3.63) is 65.1 Å². The maximum absolute atomic E-state index is 15.0. The van der Waals surface area contributed by atoms with E-state index in [2.05, 4.69) is 10.1 Å². The minimum Gasteiger partial charge on any atom is -0.478 e. The van der Waals surface area contributed by atoms with E-state index >= 15 is 0 Å². The lowest BCUT2D eigenvalue weighted by Crippen LogP contribution is -2.25. The number of hydrogen-bond donors (Lipinski definition) is 1. The molecule has 1 fully saturated rings. The van der Waals surface area contributed by atoms with Crippen LogP contribution < -0.4 is 0 Å². The monoisotopic (exact) mass is 483 g/mol. The lowest BCUT2D eigenvalue weighted by molar-refractivity contribution is -0.0456. The third kappa shape index (κ3) is 4.31. The van der Waals surface area contributed by atoms with Crippen LogP contribution in [0.1, 0.15) is 53.1 Å². The van der Waals surface area contributed by atoms with Crippen LogP contribution in [-0.2, 0) is 6.42 Å². The molecule has 0 amide bonds. The Balaban J connectivity index is 1.62. The van der Waals surface area contributed by atoms with Gasteiger partial charge in [-0.2, -0.15) is 0 Å². The normalized spacial score (nSPS) is 16.1. The molecule has 1 N–H and O–H groups in total. The highest BCUT2D eigenvalue weighted by molar-refractivity contribution is 5.89. The molecule has 3 aromatic heterocycles. The summed E-state index contributed by atoms with van der Waals surface area (Å²) in [6.45, 7) is 3.65. The average Bonchev–Trinajstić information content (AvgIpc) is 3.33. The number of hydrogen-bond acceptors (Lipinski definition) is 4. The van der Waals surface area contributed by atoms with Gasteiger partial charge >= 0.3 is 5.97 Å². The van der Waals surface area contributed by atoms with Gasteiger partial charge in [-0.25, -0.2) is 22.9 Å². The highest BCUT2D eigenvalue weighted by Gasteiger charge is 2.35. The smallest absolute Gasteiger partial charge is 0.335 e. The van der Waals surface area contributed by atoms with Crippen molar-refractivity contribution in [3.8, 4) is 16.8 Å². The van der Waals surface area contributed by atoms with Crippen molar-refractivity contribution in [2.75, 3.05) is 0 Å². The number of nitrogens with zero attached hydrogens (tertiary/aromatic N) is 3. The van der Waals surface area contributed by atoms with Gasteiger partial charge in [0.1, 0.15) is 17.2 Å². The predicted octanol–water partition coefficient (Wildman–Crippen LogP) is 6.50. The van der Waals surface area contributed by atoms with Crippen LogP contribution in [0.4, 0.5) is 13.2 Å². The second kappa shape index (κ2) is 8.55. The van der Waals surface area contributed by atoms with Gasteiger partial charge in [0.15, 0.2) is 0 Å². The van der Waals surface area contributed by atoms with Crippen molar-refractivity contribution >= 4 is 17.0 Å². The number of aryl methyl sites for hydroxylation is 2. The van der Waals surface area contributed by atoms with Crippen molar-refractivity contribution < 1.29 is 27.6 Å². The Bertz CT molecular complexity index is 1410. The van der Waals surface area contributed by atoms with Crippen molar-refractivity contribution in [1.29, 1.82) is 0 Å². The molecule has 0 unspecified atom stereocenters. The van der Waals surface area contributed by atoms with E-state index in [9.17, 15) is 23.1 Å². The molecule has 6 nitrogen and oxygen atoms in total. The van der Waals surface area contributed by atoms with Gasteiger partial charge in [0.25, 0.3) is 0 Å². The van der Waals surface area contributed by atoms with Crippen LogP contribution in [0.5, 0.6) is 0 Å². The Morgan fingerprint density at radius 1 is 1.23 bits per heavy atom. The first-order valence-corrected chi connectivity index (χ1v) is 11.5. The van der Waals surface area contributed by atoms with E-state index in [0.29, 0.717) is 30.7 Å². The summed E-state index contributed by atoms with van der Waals surface area (Å²) in [6.07, 6.45) is 4.56. The number of halogens is 3. The van der Waals surface area contributed by atoms with Gasteiger partial charge in [0.05, 0.1) is 16.9 Å². The fourth-order valence-corrected chi connectivity index (χ4v) is 5.00. The zero-order valence-corrected chi connectivity index (χ0v) is 19.3. The summed E-state index contributed by atoms with van der Waals surface area (Å²) in [5, 5.41) is 14.0. The summed E-state index contributed by atoms with van der Waals surface area (Å²) in [6, 6.07) is 5.67. The molecular weight excluding hydrogens is 459 g/mol. The van der Waals surface area contributed by atoms with Crippen LogP contribution >= 0.6 is 0 Å². The molecule has 1 aromatic carbocycles. The number of alkyl halides is 2. The number of fused-ring (bicyclic) bond motifs is 1. The summed E-state index contributed by atoms with van der Waals surface area (Å²) in [5.41, 5.74) is 3.72. The van der Waals surface area contributed by atoms with Crippen molar-refractivity contribution in [3.63, 3.8) is 0 Å². The van der Waals surface area contributed by atoms with E-state index < -0.39 is 17.7 Å². The van der Waals surface area contributed by atoms with E-state index in [1.165, 1.54) is 12.1 Å². The second-order valence-corrected chi connectivity index (χ2v) is 9.29. The first-order chi connectivity index (χ1) is 16.6. The summed E-state index contributed by atoms with van der Waals surface area (Å²) in [7, 11) is 0. The van der Waals surface area contributed by atoms with Gasteiger partial charge < -0.3 is 9.63 Å². The molecule has 1 saturated carbocycles. The first-order valence-electron chi connectivity index (χ1n) is 11.5. The molecule has 4 aromatic rings. The van der Waals surface area contributed by atoms with E-state index in [1.807, 2.05) is 19.9 Å². The molecule has 35 heavy (non-hydrogen) atoms. The highest BCUT2D eigenvalue weighted by atomic mass is 19.3. The molecule has 0 spiro atoms. The molecule has 0 atom stereocenters. The highest BCUT2D eigenvalue weighted by Crippen LogP contribution is 2.39. The van der Waals surface area contributed by atoms with E-state index in [4.69, 9.17) is 4.52 Å². The van der Waals surface area contributed by atoms with Gasteiger partial charge in [-0.1, -0.05) is 5.16 Å². The topological polar surface area (TPSA) is 81.2 Å². The Labute approximate surface area is 199 Å². The number of rotatable bonds is 5. The zero-order chi connectivity index (χ0) is 24.9. The van der Waals surface area contributed by atoms with E-state index in [0.717, 1.165) is 33.8 Å². The summed E-state index contributed by atoms with van der Waals surface area (Å²) < 4.78 is 49.3. The number of carboxylic acids is 1. The molecule has 9 heteroatoms. The lowest BCUT2D eigenvalue weighted by atomic mass is 9.83. The van der Waals surface area contributed by atoms with Crippen molar-refractivity contribution in [1.82, 2.24) is 14.7 Å². The van der Waals surface area contributed by atoms with Crippen LogP contribution in [0.25, 0.3) is 27.8 Å². The molecule has 1 aliphatic carbocycles. The Morgan fingerprint density at radius 2 is 1.97 bits per heavy atom. The maximum atomic E-state index is 15.0. The molecule has 1 aliphatic rings. The Kier molecular flexibility index (Phi) is 5.65. The number of carboxylic acid groups (broad SMARTS) is 1. The van der Waals surface area contributed by atoms with E-state index in [1.54, 1.807) is 17.0 Å². The zero-order valence-electron chi connectivity index (χ0n) is 19.3. The van der Waals surface area contributed by atoms with Crippen molar-refractivity contribution in [2.45, 2.75) is 51.9 Å². The van der Waals surface area contributed by atoms with E-state index in [-0.39, 0.29) is 30.0 Å². The molecular formula is C26H24F3N3O3. The fraction of sp³-hybridized carbons (Fsp3) is 0.346. The van der Waals surface area contributed by atoms with Crippen LogP contribution in [0.2, 0.25) is 0 Å². The average molecular weight is 483 g/mol. The molecule has 0 bridgehead atoms. The number of aromatic carboxylic acids is 1. The number of aromatic nitrogens is 3. The minimum atomic E-state index is -2.61. The maximum Gasteiger partial charge on any atom is 0.335 e. The lowest BCUT2D eigenvalue weighted by Gasteiger charge is -2.28. The summed E-state index contributed by atoms with van der Waals surface area (Å²) >= 11 is 0. The molecule has 5 rings (SSSR count). The van der Waals surface area contributed by atoms with Crippen LogP contribution in [0, 0.1) is 25.6 Å². The Morgan fingerprint density at radius 3 is 2.60 bits per heavy atom. The molecule has 0 aliphatic heterocycles. The van der Waals surface area contributed by atoms with Gasteiger partial charge in [0.2, 0.25) is 5.92 Å². The first kappa shape index (κ1) is 23.1. The van der Waals surface area contributed by atoms with Gasteiger partial charge in [0, 0.05) is 41.7 Å². The number of pyridine rings is 1. The quantitative estimate of drug-likeness (QED) is 0.350. The molecule has 182 valence electrons. The third-order valence-electron chi connectivity index (χ3n) is 6.85. The minimum absolute atomic E-state index is 0.0793. The predicted molar refractivity (Wildman–Crippen MR) is 124 cm³/mol. The molecule has 0 radical (unpaired) electrons. The van der Waals surface area contributed by atoms with Gasteiger partial charge in [-0.3, -0.25) is 4.57 Å².